The molecule has 21 heavy (non-hydrogen) atoms. The summed E-state index contributed by atoms with van der Waals surface area (Å²) in [4.78, 5) is 0. The molecule has 1 heterocycles. The molecule has 0 bridgehead atoms. The maximum Gasteiger partial charge on any atom is 0.387 e. The Morgan fingerprint density at radius 2 is 2.14 bits per heavy atom. The molecule has 0 radical (unpaired) electrons. The predicted octanol–water partition coefficient (Wildman–Crippen LogP) is 2.45. The van der Waals surface area contributed by atoms with Crippen molar-refractivity contribution in [3.8, 4) is 5.75 Å². The van der Waals surface area contributed by atoms with Crippen LogP contribution in [-0.4, -0.2) is 16.4 Å². The molecular weight excluding hydrogens is 278 g/mol. The Balaban J connectivity index is 2.31. The molecule has 1 aromatic carbocycles. The van der Waals surface area contributed by atoms with Crippen LogP contribution in [0.15, 0.2) is 36.7 Å². The average molecular weight is 296 g/mol. The SMILES string of the molecule is CCCn1cc(C(NN)c2ccccc2OC(F)F)cn1. The fourth-order valence-electron chi connectivity index (χ4n) is 2.17. The van der Waals surface area contributed by atoms with Crippen molar-refractivity contribution < 1.29 is 13.5 Å². The Morgan fingerprint density at radius 1 is 1.38 bits per heavy atom. The van der Waals surface area contributed by atoms with Gasteiger partial charge in [0.25, 0.3) is 0 Å². The first-order valence-corrected chi connectivity index (χ1v) is 6.68. The maximum absolute atomic E-state index is 12.5. The van der Waals surface area contributed by atoms with E-state index in [1.807, 2.05) is 13.1 Å². The highest BCUT2D eigenvalue weighted by Gasteiger charge is 2.20. The summed E-state index contributed by atoms with van der Waals surface area (Å²) in [6.45, 7) is -0.0504. The van der Waals surface area contributed by atoms with Gasteiger partial charge in [-0.15, -0.1) is 0 Å². The second kappa shape index (κ2) is 7.14. The number of para-hydroxylation sites is 1. The summed E-state index contributed by atoms with van der Waals surface area (Å²) in [5.41, 5.74) is 3.95. The quantitative estimate of drug-likeness (QED) is 0.608. The lowest BCUT2D eigenvalue weighted by atomic mass is 10.0. The number of aryl methyl sites for hydroxylation is 1. The summed E-state index contributed by atoms with van der Waals surface area (Å²) in [5.74, 6) is 5.69. The van der Waals surface area contributed by atoms with Crippen molar-refractivity contribution >= 4 is 0 Å². The summed E-state index contributed by atoms with van der Waals surface area (Å²) in [5, 5.41) is 4.22. The first-order valence-electron chi connectivity index (χ1n) is 6.68. The zero-order chi connectivity index (χ0) is 15.2. The molecule has 0 saturated heterocycles. The smallest absolute Gasteiger partial charge is 0.387 e. The Morgan fingerprint density at radius 3 is 2.81 bits per heavy atom. The molecule has 1 unspecified atom stereocenters. The third kappa shape index (κ3) is 3.77. The van der Waals surface area contributed by atoms with Crippen molar-refractivity contribution in [3.05, 3.63) is 47.8 Å². The van der Waals surface area contributed by atoms with E-state index in [4.69, 9.17) is 5.84 Å². The van der Waals surface area contributed by atoms with E-state index in [0.717, 1.165) is 18.5 Å². The highest BCUT2D eigenvalue weighted by molar-refractivity contribution is 5.40. The maximum atomic E-state index is 12.5. The number of halogens is 2. The fourth-order valence-corrected chi connectivity index (χ4v) is 2.17. The number of hydrogen-bond acceptors (Lipinski definition) is 4. The number of rotatable bonds is 7. The first kappa shape index (κ1) is 15.4. The van der Waals surface area contributed by atoms with Gasteiger partial charge in [-0.25, -0.2) is 5.43 Å². The van der Waals surface area contributed by atoms with Gasteiger partial charge in [0.05, 0.1) is 12.2 Å². The van der Waals surface area contributed by atoms with Crippen LogP contribution < -0.4 is 16.0 Å². The van der Waals surface area contributed by atoms with Gasteiger partial charge >= 0.3 is 6.61 Å². The van der Waals surface area contributed by atoms with E-state index in [1.54, 1.807) is 29.1 Å². The number of alkyl halides is 2. The minimum absolute atomic E-state index is 0.0960. The second-order valence-corrected chi connectivity index (χ2v) is 4.55. The molecule has 2 aromatic rings. The van der Waals surface area contributed by atoms with Crippen LogP contribution in [0.5, 0.6) is 5.75 Å². The molecule has 0 spiro atoms. The van der Waals surface area contributed by atoms with Crippen LogP contribution in [0.4, 0.5) is 8.78 Å². The monoisotopic (exact) mass is 296 g/mol. The normalized spacial score (nSPS) is 12.6. The standard InChI is InChI=1S/C14H18F2N4O/c1-2-7-20-9-10(8-18-20)13(19-17)11-5-3-4-6-12(11)21-14(15)16/h3-6,8-9,13-14,19H,2,7,17H2,1H3. The molecule has 1 atom stereocenters. The van der Waals surface area contributed by atoms with Gasteiger partial charge in [-0.3, -0.25) is 10.5 Å². The Labute approximate surface area is 121 Å². The number of nitrogens with two attached hydrogens (primary N) is 1. The van der Waals surface area contributed by atoms with Gasteiger partial charge in [0.1, 0.15) is 5.75 Å². The lowest BCUT2D eigenvalue weighted by molar-refractivity contribution is -0.0506. The van der Waals surface area contributed by atoms with Crippen molar-refractivity contribution in [2.45, 2.75) is 32.5 Å². The number of benzene rings is 1. The highest BCUT2D eigenvalue weighted by Crippen LogP contribution is 2.30. The van der Waals surface area contributed by atoms with E-state index >= 15 is 0 Å². The van der Waals surface area contributed by atoms with Crippen LogP contribution in [0, 0.1) is 0 Å². The van der Waals surface area contributed by atoms with Crippen LogP contribution in [-0.2, 0) is 6.54 Å². The van der Waals surface area contributed by atoms with Crippen molar-refractivity contribution in [1.82, 2.24) is 15.2 Å². The number of hydrogen-bond donors (Lipinski definition) is 2. The molecule has 3 N–H and O–H groups in total. The Hall–Kier alpha value is -1.99. The number of nitrogens with one attached hydrogen (secondary N) is 1. The second-order valence-electron chi connectivity index (χ2n) is 4.55. The summed E-state index contributed by atoms with van der Waals surface area (Å²) in [7, 11) is 0. The molecule has 0 saturated carbocycles. The highest BCUT2D eigenvalue weighted by atomic mass is 19.3. The third-order valence-electron chi connectivity index (χ3n) is 3.05. The van der Waals surface area contributed by atoms with E-state index in [0.29, 0.717) is 5.56 Å². The van der Waals surface area contributed by atoms with E-state index in [-0.39, 0.29) is 5.75 Å². The van der Waals surface area contributed by atoms with Gasteiger partial charge in [0.15, 0.2) is 0 Å². The zero-order valence-electron chi connectivity index (χ0n) is 11.7. The molecule has 114 valence electrons. The molecule has 0 amide bonds. The van der Waals surface area contributed by atoms with Gasteiger partial charge in [0.2, 0.25) is 0 Å². The first-order chi connectivity index (χ1) is 10.2. The Kier molecular flexibility index (Phi) is 5.24. The molecule has 0 fully saturated rings. The number of nitrogens with zero attached hydrogens (tertiary/aromatic N) is 2. The predicted molar refractivity (Wildman–Crippen MR) is 74.8 cm³/mol. The Bertz CT molecular complexity index is 574. The molecular formula is C14H18F2N4O. The lowest BCUT2D eigenvalue weighted by Gasteiger charge is -2.18. The molecule has 0 aliphatic carbocycles. The van der Waals surface area contributed by atoms with Crippen molar-refractivity contribution in [3.63, 3.8) is 0 Å². The summed E-state index contributed by atoms with van der Waals surface area (Å²) >= 11 is 0. The average Bonchev–Trinajstić information content (AvgIpc) is 2.90. The fraction of sp³-hybridized carbons (Fsp3) is 0.357. The van der Waals surface area contributed by atoms with Crippen molar-refractivity contribution in [2.75, 3.05) is 0 Å². The van der Waals surface area contributed by atoms with Crippen LogP contribution in [0.25, 0.3) is 0 Å². The minimum Gasteiger partial charge on any atom is -0.434 e. The summed E-state index contributed by atoms with van der Waals surface area (Å²) in [6, 6.07) is 6.09. The number of hydrazine groups is 1. The number of aromatic nitrogens is 2. The van der Waals surface area contributed by atoms with Gasteiger partial charge in [-0.05, 0) is 12.5 Å². The van der Waals surface area contributed by atoms with Gasteiger partial charge in [-0.2, -0.15) is 13.9 Å². The van der Waals surface area contributed by atoms with E-state index < -0.39 is 12.7 Å². The van der Waals surface area contributed by atoms with E-state index in [9.17, 15) is 8.78 Å². The molecule has 5 nitrogen and oxygen atoms in total. The van der Waals surface area contributed by atoms with Crippen LogP contribution >= 0.6 is 0 Å². The lowest BCUT2D eigenvalue weighted by Crippen LogP contribution is -2.29. The van der Waals surface area contributed by atoms with Gasteiger partial charge in [0, 0.05) is 23.9 Å². The molecule has 2 rings (SSSR count). The van der Waals surface area contributed by atoms with Crippen molar-refractivity contribution in [2.24, 2.45) is 5.84 Å². The van der Waals surface area contributed by atoms with Crippen molar-refractivity contribution in [1.29, 1.82) is 0 Å². The molecule has 0 aliphatic heterocycles. The third-order valence-corrected chi connectivity index (χ3v) is 3.05. The number of ether oxygens (including phenoxy) is 1. The minimum atomic E-state index is -2.88. The van der Waals surface area contributed by atoms with Crippen LogP contribution in [0.3, 0.4) is 0 Å². The van der Waals surface area contributed by atoms with Crippen LogP contribution in [0.1, 0.15) is 30.5 Å². The van der Waals surface area contributed by atoms with Crippen LogP contribution in [0.2, 0.25) is 0 Å². The van der Waals surface area contributed by atoms with Gasteiger partial charge in [-0.1, -0.05) is 25.1 Å². The summed E-state index contributed by atoms with van der Waals surface area (Å²) in [6.07, 6.45) is 4.46. The molecule has 0 aliphatic rings. The largest absolute Gasteiger partial charge is 0.434 e. The van der Waals surface area contributed by atoms with E-state index in [1.165, 1.54) is 6.07 Å². The summed E-state index contributed by atoms with van der Waals surface area (Å²) < 4.78 is 31.3. The molecule has 1 aromatic heterocycles. The van der Waals surface area contributed by atoms with Gasteiger partial charge < -0.3 is 4.74 Å². The molecule has 7 heteroatoms. The zero-order valence-corrected chi connectivity index (χ0v) is 11.7. The van der Waals surface area contributed by atoms with E-state index in [2.05, 4.69) is 15.3 Å². The topological polar surface area (TPSA) is 65.1 Å².